The van der Waals surface area contributed by atoms with Crippen molar-refractivity contribution in [3.8, 4) is 0 Å². The van der Waals surface area contributed by atoms with Gasteiger partial charge in [0.25, 0.3) is 0 Å². The SMILES string of the molecule is Cc1ccc2c(c1)CN(Cc1cnc3c(c1)CNCC3)CC2. The molecule has 0 aliphatic carbocycles. The van der Waals surface area contributed by atoms with E-state index in [0.29, 0.717) is 0 Å². The molecule has 22 heavy (non-hydrogen) atoms. The number of pyridine rings is 1. The maximum atomic E-state index is 4.68. The smallest absolute Gasteiger partial charge is 0.0461 e. The van der Waals surface area contributed by atoms with Crippen molar-refractivity contribution in [3.05, 3.63) is 64.0 Å². The molecule has 2 aromatic rings. The van der Waals surface area contributed by atoms with Gasteiger partial charge in [-0.05, 0) is 41.7 Å². The minimum atomic E-state index is 0.970. The molecule has 3 nitrogen and oxygen atoms in total. The number of nitrogens with one attached hydrogen (secondary N) is 1. The van der Waals surface area contributed by atoms with E-state index in [0.717, 1.165) is 45.6 Å². The molecule has 3 heterocycles. The molecule has 1 N–H and O–H groups in total. The number of rotatable bonds is 2. The molecule has 114 valence electrons. The third kappa shape index (κ3) is 2.79. The van der Waals surface area contributed by atoms with Gasteiger partial charge in [-0.25, -0.2) is 0 Å². The Morgan fingerprint density at radius 3 is 3.05 bits per heavy atom. The van der Waals surface area contributed by atoms with Crippen LogP contribution in [0.15, 0.2) is 30.5 Å². The van der Waals surface area contributed by atoms with Crippen LogP contribution in [0.5, 0.6) is 0 Å². The van der Waals surface area contributed by atoms with E-state index in [1.165, 1.54) is 33.5 Å². The van der Waals surface area contributed by atoms with Crippen molar-refractivity contribution in [3.63, 3.8) is 0 Å². The first-order valence-corrected chi connectivity index (χ1v) is 8.26. The maximum Gasteiger partial charge on any atom is 0.0461 e. The number of aromatic nitrogens is 1. The quantitative estimate of drug-likeness (QED) is 0.922. The molecular weight excluding hydrogens is 270 g/mol. The highest BCUT2D eigenvalue weighted by Crippen LogP contribution is 2.22. The summed E-state index contributed by atoms with van der Waals surface area (Å²) in [7, 11) is 0. The van der Waals surface area contributed by atoms with E-state index < -0.39 is 0 Å². The average Bonchev–Trinajstić information content (AvgIpc) is 2.54. The summed E-state index contributed by atoms with van der Waals surface area (Å²) in [5.74, 6) is 0. The molecule has 3 heteroatoms. The Balaban J connectivity index is 1.50. The van der Waals surface area contributed by atoms with Crippen molar-refractivity contribution in [1.29, 1.82) is 0 Å². The largest absolute Gasteiger partial charge is 0.312 e. The fourth-order valence-corrected chi connectivity index (χ4v) is 3.62. The summed E-state index contributed by atoms with van der Waals surface area (Å²) in [6.45, 7) is 7.42. The lowest BCUT2D eigenvalue weighted by molar-refractivity contribution is 0.245. The molecule has 0 unspecified atom stereocenters. The van der Waals surface area contributed by atoms with Crippen molar-refractivity contribution >= 4 is 0 Å². The minimum absolute atomic E-state index is 0.970. The van der Waals surface area contributed by atoms with Gasteiger partial charge in [0.2, 0.25) is 0 Å². The first-order valence-electron chi connectivity index (χ1n) is 8.26. The summed E-state index contributed by atoms with van der Waals surface area (Å²) in [5, 5.41) is 3.44. The van der Waals surface area contributed by atoms with Crippen LogP contribution in [0.4, 0.5) is 0 Å². The van der Waals surface area contributed by atoms with Crippen LogP contribution in [0, 0.1) is 6.92 Å². The molecule has 4 rings (SSSR count). The van der Waals surface area contributed by atoms with E-state index in [9.17, 15) is 0 Å². The van der Waals surface area contributed by atoms with Gasteiger partial charge in [-0.3, -0.25) is 9.88 Å². The van der Waals surface area contributed by atoms with E-state index in [-0.39, 0.29) is 0 Å². The summed E-state index contributed by atoms with van der Waals surface area (Å²) in [6.07, 6.45) is 4.30. The minimum Gasteiger partial charge on any atom is -0.312 e. The van der Waals surface area contributed by atoms with Crippen LogP contribution >= 0.6 is 0 Å². The molecule has 1 aromatic heterocycles. The first-order chi connectivity index (χ1) is 10.8. The highest BCUT2D eigenvalue weighted by molar-refractivity contribution is 5.33. The summed E-state index contributed by atoms with van der Waals surface area (Å²) in [6, 6.07) is 9.22. The third-order valence-electron chi connectivity index (χ3n) is 4.83. The van der Waals surface area contributed by atoms with Crippen LogP contribution < -0.4 is 5.32 Å². The predicted octanol–water partition coefficient (Wildman–Crippen LogP) is 2.59. The number of hydrogen-bond donors (Lipinski definition) is 1. The van der Waals surface area contributed by atoms with Gasteiger partial charge in [0.1, 0.15) is 0 Å². The summed E-state index contributed by atoms with van der Waals surface area (Å²) in [4.78, 5) is 7.22. The Bertz CT molecular complexity index is 693. The second kappa shape index (κ2) is 5.82. The number of benzene rings is 1. The van der Waals surface area contributed by atoms with E-state index in [1.807, 2.05) is 0 Å². The van der Waals surface area contributed by atoms with Crippen LogP contribution in [0.1, 0.15) is 33.5 Å². The summed E-state index contributed by atoms with van der Waals surface area (Å²) < 4.78 is 0. The Hall–Kier alpha value is -1.71. The first kappa shape index (κ1) is 13.9. The lowest BCUT2D eigenvalue weighted by atomic mass is 9.97. The molecular formula is C19H23N3. The zero-order valence-corrected chi connectivity index (χ0v) is 13.2. The molecule has 0 atom stereocenters. The molecule has 0 bridgehead atoms. The molecule has 0 saturated heterocycles. The van der Waals surface area contributed by atoms with E-state index in [1.54, 1.807) is 0 Å². The zero-order valence-electron chi connectivity index (χ0n) is 13.2. The monoisotopic (exact) mass is 293 g/mol. The van der Waals surface area contributed by atoms with Gasteiger partial charge >= 0.3 is 0 Å². The molecule has 0 amide bonds. The van der Waals surface area contributed by atoms with E-state index in [4.69, 9.17) is 0 Å². The van der Waals surface area contributed by atoms with Crippen molar-refractivity contribution in [2.45, 2.75) is 39.4 Å². The molecule has 2 aliphatic heterocycles. The molecule has 0 saturated carbocycles. The van der Waals surface area contributed by atoms with Crippen LogP contribution in [0.2, 0.25) is 0 Å². The van der Waals surface area contributed by atoms with E-state index in [2.05, 4.69) is 52.6 Å². The highest BCUT2D eigenvalue weighted by atomic mass is 15.1. The van der Waals surface area contributed by atoms with Gasteiger partial charge in [-0.2, -0.15) is 0 Å². The molecule has 0 radical (unpaired) electrons. The molecule has 1 aromatic carbocycles. The van der Waals surface area contributed by atoms with Crippen LogP contribution in [0.3, 0.4) is 0 Å². The van der Waals surface area contributed by atoms with E-state index >= 15 is 0 Å². The Labute approximate surface area is 132 Å². The standard InChI is InChI=1S/C19H23N3/c1-14-2-3-16-5-7-22(13-18(16)8-14)12-15-9-17-11-20-6-4-19(17)21-10-15/h2-3,8-10,20H,4-7,11-13H2,1H3. The Kier molecular flexibility index (Phi) is 3.68. The maximum absolute atomic E-state index is 4.68. The second-order valence-corrected chi connectivity index (χ2v) is 6.61. The molecule has 0 fully saturated rings. The summed E-state index contributed by atoms with van der Waals surface area (Å²) in [5.41, 5.74) is 8.40. The average molecular weight is 293 g/mol. The lowest BCUT2D eigenvalue weighted by Gasteiger charge is -2.29. The van der Waals surface area contributed by atoms with Gasteiger partial charge in [0.05, 0.1) is 0 Å². The van der Waals surface area contributed by atoms with Gasteiger partial charge in [-0.15, -0.1) is 0 Å². The second-order valence-electron chi connectivity index (χ2n) is 6.61. The van der Waals surface area contributed by atoms with Gasteiger partial charge in [0.15, 0.2) is 0 Å². The lowest BCUT2D eigenvalue weighted by Crippen LogP contribution is -2.30. The van der Waals surface area contributed by atoms with Crippen molar-refractivity contribution in [1.82, 2.24) is 15.2 Å². The normalized spacial score (nSPS) is 17.9. The third-order valence-corrected chi connectivity index (χ3v) is 4.83. The van der Waals surface area contributed by atoms with Gasteiger partial charge < -0.3 is 5.32 Å². The fraction of sp³-hybridized carbons (Fsp3) is 0.421. The van der Waals surface area contributed by atoms with Crippen molar-refractivity contribution in [2.75, 3.05) is 13.1 Å². The van der Waals surface area contributed by atoms with Crippen LogP contribution in [0.25, 0.3) is 0 Å². The fourth-order valence-electron chi connectivity index (χ4n) is 3.62. The Morgan fingerprint density at radius 1 is 1.14 bits per heavy atom. The highest BCUT2D eigenvalue weighted by Gasteiger charge is 2.17. The predicted molar refractivity (Wildman–Crippen MR) is 88.6 cm³/mol. The number of hydrogen-bond acceptors (Lipinski definition) is 3. The number of aryl methyl sites for hydroxylation is 1. The number of fused-ring (bicyclic) bond motifs is 2. The molecule has 0 spiro atoms. The van der Waals surface area contributed by atoms with Crippen LogP contribution in [-0.2, 0) is 32.5 Å². The van der Waals surface area contributed by atoms with Gasteiger partial charge in [-0.1, -0.05) is 23.8 Å². The molecule has 2 aliphatic rings. The van der Waals surface area contributed by atoms with Crippen molar-refractivity contribution < 1.29 is 0 Å². The Morgan fingerprint density at radius 2 is 2.09 bits per heavy atom. The topological polar surface area (TPSA) is 28.2 Å². The zero-order chi connectivity index (χ0) is 14.9. The number of nitrogens with zero attached hydrogens (tertiary/aromatic N) is 2. The van der Waals surface area contributed by atoms with Crippen molar-refractivity contribution in [2.24, 2.45) is 0 Å². The van der Waals surface area contributed by atoms with Gasteiger partial charge in [0, 0.05) is 51.0 Å². The van der Waals surface area contributed by atoms with Crippen LogP contribution in [-0.4, -0.2) is 23.0 Å². The summed E-state index contributed by atoms with van der Waals surface area (Å²) >= 11 is 0.